The van der Waals surface area contributed by atoms with Crippen LogP contribution < -0.4 is 9.46 Å². The van der Waals surface area contributed by atoms with Crippen molar-refractivity contribution in [2.24, 2.45) is 0 Å². The van der Waals surface area contributed by atoms with Crippen LogP contribution in [0.2, 0.25) is 0 Å². The van der Waals surface area contributed by atoms with Gasteiger partial charge in [0.05, 0.1) is 0 Å². The molecule has 70 valence electrons. The smallest absolute Gasteiger partial charge is 0.153 e. The lowest BCUT2D eigenvalue weighted by Crippen LogP contribution is -2.25. The van der Waals surface area contributed by atoms with Crippen LogP contribution in [-0.2, 0) is 0 Å². The van der Waals surface area contributed by atoms with Crippen LogP contribution in [0, 0.1) is 0 Å². The van der Waals surface area contributed by atoms with Gasteiger partial charge >= 0.3 is 0 Å². The predicted molar refractivity (Wildman–Crippen MR) is 52.8 cm³/mol. The topological polar surface area (TPSA) is 34.2 Å². The highest BCUT2D eigenvalue weighted by atomic mass is 32.2. The molecule has 0 radical (unpaired) electrons. The van der Waals surface area contributed by atoms with Gasteiger partial charge in [0, 0.05) is 12.7 Å². The Morgan fingerprint density at radius 3 is 3.54 bits per heavy atom. The summed E-state index contributed by atoms with van der Waals surface area (Å²) in [5, 5.41) is 0.929. The Kier molecular flexibility index (Phi) is 2.71. The first kappa shape index (κ1) is 8.84. The van der Waals surface area contributed by atoms with Gasteiger partial charge in [-0.3, -0.25) is 4.72 Å². The fourth-order valence-corrected chi connectivity index (χ4v) is 1.93. The lowest BCUT2D eigenvalue weighted by Gasteiger charge is -2.13. The second-order valence-corrected chi connectivity index (χ2v) is 3.78. The van der Waals surface area contributed by atoms with Crippen LogP contribution in [0.4, 0.5) is 0 Å². The number of nitrogens with one attached hydrogen (secondary N) is 1. The number of hydrogen-bond acceptors (Lipinski definition) is 4. The molecular formula is C9H12N2OS. The zero-order valence-electron chi connectivity index (χ0n) is 7.49. The van der Waals surface area contributed by atoms with E-state index in [2.05, 4.69) is 16.6 Å². The third-order valence-electron chi connectivity index (χ3n) is 1.97. The summed E-state index contributed by atoms with van der Waals surface area (Å²) in [7, 11) is 0. The Labute approximate surface area is 82.0 Å². The second-order valence-electron chi connectivity index (χ2n) is 2.91. The van der Waals surface area contributed by atoms with Crippen molar-refractivity contribution >= 4 is 11.9 Å². The van der Waals surface area contributed by atoms with Crippen molar-refractivity contribution in [2.45, 2.75) is 24.5 Å². The van der Waals surface area contributed by atoms with Gasteiger partial charge in [0.15, 0.2) is 10.8 Å². The Balaban J connectivity index is 2.23. The molecule has 1 N–H and O–H groups in total. The van der Waals surface area contributed by atoms with E-state index >= 15 is 0 Å². The van der Waals surface area contributed by atoms with Gasteiger partial charge in [-0.1, -0.05) is 6.92 Å². The molecule has 1 aromatic rings. The average molecular weight is 196 g/mol. The zero-order chi connectivity index (χ0) is 9.10. The van der Waals surface area contributed by atoms with Crippen molar-refractivity contribution in [3.05, 3.63) is 18.3 Å². The van der Waals surface area contributed by atoms with Crippen LogP contribution in [0.15, 0.2) is 23.4 Å². The van der Waals surface area contributed by atoms with E-state index in [4.69, 9.17) is 4.74 Å². The van der Waals surface area contributed by atoms with Crippen LogP contribution >= 0.6 is 11.9 Å². The summed E-state index contributed by atoms with van der Waals surface area (Å²) in [5.74, 6) is 0.893. The lowest BCUT2D eigenvalue weighted by molar-refractivity contribution is 0.199. The maximum atomic E-state index is 5.76. The number of hydrogen-bond donors (Lipinski definition) is 1. The molecule has 0 spiro atoms. The van der Waals surface area contributed by atoms with E-state index in [-0.39, 0.29) is 6.10 Å². The summed E-state index contributed by atoms with van der Waals surface area (Å²) in [6.45, 7) is 3.00. The molecule has 0 fully saturated rings. The molecule has 0 unspecified atom stereocenters. The molecule has 1 aliphatic heterocycles. The summed E-state index contributed by atoms with van der Waals surface area (Å²) < 4.78 is 8.99. The van der Waals surface area contributed by atoms with Crippen molar-refractivity contribution in [3.8, 4) is 5.75 Å². The van der Waals surface area contributed by atoms with Gasteiger partial charge in [-0.2, -0.15) is 0 Å². The molecule has 1 atom stereocenters. The zero-order valence-corrected chi connectivity index (χ0v) is 8.30. The highest BCUT2D eigenvalue weighted by Gasteiger charge is 2.16. The first-order valence-corrected chi connectivity index (χ1v) is 5.23. The summed E-state index contributed by atoms with van der Waals surface area (Å²) >= 11 is 1.54. The Morgan fingerprint density at radius 1 is 1.77 bits per heavy atom. The molecule has 0 amide bonds. The largest absolute Gasteiger partial charge is 0.486 e. The molecule has 1 aliphatic rings. The van der Waals surface area contributed by atoms with Gasteiger partial charge in [-0.15, -0.1) is 0 Å². The SMILES string of the molecule is CC[C@@H]1CNSc2ncccc2O1. The summed E-state index contributed by atoms with van der Waals surface area (Å²) in [4.78, 5) is 4.22. The minimum atomic E-state index is 0.262. The monoisotopic (exact) mass is 196 g/mol. The van der Waals surface area contributed by atoms with Crippen LogP contribution in [0.5, 0.6) is 5.75 Å². The summed E-state index contributed by atoms with van der Waals surface area (Å²) in [6.07, 6.45) is 3.06. The van der Waals surface area contributed by atoms with E-state index in [0.29, 0.717) is 0 Å². The molecule has 0 bridgehead atoms. The maximum absolute atomic E-state index is 5.76. The van der Waals surface area contributed by atoms with E-state index in [9.17, 15) is 0 Å². The first-order valence-electron chi connectivity index (χ1n) is 4.41. The van der Waals surface area contributed by atoms with Crippen molar-refractivity contribution in [1.29, 1.82) is 0 Å². The van der Waals surface area contributed by atoms with Crippen LogP contribution in [0.3, 0.4) is 0 Å². The number of ether oxygens (including phenoxy) is 1. The van der Waals surface area contributed by atoms with Crippen LogP contribution in [0.1, 0.15) is 13.3 Å². The molecule has 3 nitrogen and oxygen atoms in total. The average Bonchev–Trinajstić information content (AvgIpc) is 2.38. The molecule has 0 saturated heterocycles. The van der Waals surface area contributed by atoms with E-state index in [1.165, 1.54) is 0 Å². The second kappa shape index (κ2) is 3.98. The lowest BCUT2D eigenvalue weighted by atomic mass is 10.3. The van der Waals surface area contributed by atoms with Gasteiger partial charge in [-0.05, 0) is 30.5 Å². The third kappa shape index (κ3) is 1.95. The summed E-state index contributed by atoms with van der Waals surface area (Å²) in [5.41, 5.74) is 0. The highest BCUT2D eigenvalue weighted by Crippen LogP contribution is 2.28. The Morgan fingerprint density at radius 2 is 2.69 bits per heavy atom. The molecule has 0 saturated carbocycles. The van der Waals surface area contributed by atoms with Crippen LogP contribution in [-0.4, -0.2) is 17.6 Å². The Bertz CT molecular complexity index is 293. The van der Waals surface area contributed by atoms with E-state index in [1.54, 1.807) is 18.1 Å². The maximum Gasteiger partial charge on any atom is 0.153 e. The third-order valence-corrected chi connectivity index (χ3v) is 2.78. The van der Waals surface area contributed by atoms with Gasteiger partial charge < -0.3 is 4.74 Å². The van der Waals surface area contributed by atoms with E-state index in [1.807, 2.05) is 12.1 Å². The minimum absolute atomic E-state index is 0.262. The Hall–Kier alpha value is -0.740. The standard InChI is InChI=1S/C9H12N2OS/c1-2-7-6-11-13-9-8(12-7)4-3-5-10-9/h3-5,7,11H,2,6H2,1H3/t7-/m1/s1. The molecule has 0 aromatic carbocycles. The predicted octanol–water partition coefficient (Wildman–Crippen LogP) is 1.85. The van der Waals surface area contributed by atoms with Gasteiger partial charge in [0.1, 0.15) is 6.10 Å². The molecule has 1 aromatic heterocycles. The number of rotatable bonds is 1. The molecule has 13 heavy (non-hydrogen) atoms. The number of fused-ring (bicyclic) bond motifs is 1. The molecular weight excluding hydrogens is 184 g/mol. The van der Waals surface area contributed by atoms with E-state index < -0.39 is 0 Å². The van der Waals surface area contributed by atoms with Crippen LogP contribution in [0.25, 0.3) is 0 Å². The van der Waals surface area contributed by atoms with Gasteiger partial charge in [0.25, 0.3) is 0 Å². The quantitative estimate of drug-likeness (QED) is 0.695. The number of aromatic nitrogens is 1. The molecule has 2 heterocycles. The molecule has 2 rings (SSSR count). The number of pyridine rings is 1. The minimum Gasteiger partial charge on any atom is -0.486 e. The van der Waals surface area contributed by atoms with Crippen molar-refractivity contribution < 1.29 is 4.74 Å². The fourth-order valence-electron chi connectivity index (χ4n) is 1.19. The van der Waals surface area contributed by atoms with E-state index in [0.717, 1.165) is 23.7 Å². The van der Waals surface area contributed by atoms with Crippen molar-refractivity contribution in [3.63, 3.8) is 0 Å². The summed E-state index contributed by atoms with van der Waals surface area (Å²) in [6, 6.07) is 3.86. The first-order chi connectivity index (χ1) is 6.40. The highest BCUT2D eigenvalue weighted by molar-refractivity contribution is 7.97. The molecule has 0 aliphatic carbocycles. The number of nitrogens with zero attached hydrogens (tertiary/aromatic N) is 1. The van der Waals surface area contributed by atoms with Gasteiger partial charge in [0.2, 0.25) is 0 Å². The molecule has 4 heteroatoms. The van der Waals surface area contributed by atoms with Crippen molar-refractivity contribution in [2.75, 3.05) is 6.54 Å². The normalized spacial score (nSPS) is 21.5. The van der Waals surface area contributed by atoms with Crippen molar-refractivity contribution in [1.82, 2.24) is 9.71 Å². The fraction of sp³-hybridized carbons (Fsp3) is 0.444. The van der Waals surface area contributed by atoms with Gasteiger partial charge in [-0.25, -0.2) is 4.98 Å².